The lowest BCUT2D eigenvalue weighted by molar-refractivity contribution is 0.0748. The standard InChI is InChI=1S/C22H23FN4O2/c23-15-7-6-13-11-27(12-14(13)8-15)22(29)18-9-17-19(10-20(18)28)25-26-21(17)24-16-4-2-1-3-5-16/h6-10,16,28H,1-5,11-12H2,(H2,24,25,26). The van der Waals surface area contributed by atoms with Crippen molar-refractivity contribution in [2.45, 2.75) is 51.2 Å². The Morgan fingerprint density at radius 2 is 1.93 bits per heavy atom. The normalized spacial score (nSPS) is 16.9. The molecule has 0 unspecified atom stereocenters. The third-order valence-corrected chi connectivity index (χ3v) is 6.03. The molecule has 150 valence electrons. The number of rotatable bonds is 3. The molecule has 1 aliphatic carbocycles. The van der Waals surface area contributed by atoms with Crippen molar-refractivity contribution < 1.29 is 14.3 Å². The van der Waals surface area contributed by atoms with E-state index < -0.39 is 0 Å². The van der Waals surface area contributed by atoms with Gasteiger partial charge >= 0.3 is 0 Å². The SMILES string of the molecule is O=C(c1cc2c(NC3CCCCC3)n[nH]c2cc1O)N1Cc2ccc(F)cc2C1. The Hall–Kier alpha value is -3.09. The van der Waals surface area contributed by atoms with E-state index in [9.17, 15) is 14.3 Å². The molecular formula is C22H23FN4O2. The first-order valence-electron chi connectivity index (χ1n) is 10.1. The van der Waals surface area contributed by atoms with Crippen LogP contribution < -0.4 is 5.32 Å². The van der Waals surface area contributed by atoms with Crippen LogP contribution in [0.2, 0.25) is 0 Å². The van der Waals surface area contributed by atoms with Crippen LogP contribution in [0.3, 0.4) is 0 Å². The van der Waals surface area contributed by atoms with Crippen molar-refractivity contribution in [3.8, 4) is 5.75 Å². The highest BCUT2D eigenvalue weighted by Gasteiger charge is 2.27. The molecule has 2 aliphatic rings. The monoisotopic (exact) mass is 394 g/mol. The lowest BCUT2D eigenvalue weighted by atomic mass is 9.95. The van der Waals surface area contributed by atoms with Crippen molar-refractivity contribution >= 4 is 22.6 Å². The predicted octanol–water partition coefficient (Wildman–Crippen LogP) is 4.31. The molecular weight excluding hydrogens is 371 g/mol. The zero-order valence-electron chi connectivity index (χ0n) is 16.0. The number of aromatic hydroxyl groups is 1. The first kappa shape index (κ1) is 18.0. The fourth-order valence-electron chi connectivity index (χ4n) is 4.45. The Bertz CT molecular complexity index is 1090. The average Bonchev–Trinajstić information content (AvgIpc) is 3.31. The first-order chi connectivity index (χ1) is 14.1. The highest BCUT2D eigenvalue weighted by molar-refractivity contribution is 6.03. The Kier molecular flexibility index (Phi) is 4.38. The number of hydrogen-bond donors (Lipinski definition) is 3. The van der Waals surface area contributed by atoms with Gasteiger partial charge in [-0.15, -0.1) is 0 Å². The molecule has 1 fully saturated rings. The van der Waals surface area contributed by atoms with Crippen molar-refractivity contribution in [3.63, 3.8) is 0 Å². The van der Waals surface area contributed by atoms with Gasteiger partial charge in [-0.25, -0.2) is 4.39 Å². The minimum absolute atomic E-state index is 0.0856. The number of nitrogens with zero attached hydrogens (tertiary/aromatic N) is 2. The number of anilines is 1. The van der Waals surface area contributed by atoms with Gasteiger partial charge in [-0.3, -0.25) is 9.89 Å². The van der Waals surface area contributed by atoms with Gasteiger partial charge in [0, 0.05) is 30.6 Å². The molecule has 7 heteroatoms. The maximum Gasteiger partial charge on any atom is 0.258 e. The van der Waals surface area contributed by atoms with Gasteiger partial charge in [0.2, 0.25) is 0 Å². The van der Waals surface area contributed by atoms with E-state index in [-0.39, 0.29) is 23.0 Å². The molecule has 1 aliphatic heterocycles. The smallest absolute Gasteiger partial charge is 0.258 e. The minimum Gasteiger partial charge on any atom is -0.507 e. The van der Waals surface area contributed by atoms with E-state index in [0.717, 1.165) is 29.4 Å². The Morgan fingerprint density at radius 3 is 2.76 bits per heavy atom. The quantitative estimate of drug-likeness (QED) is 0.618. The van der Waals surface area contributed by atoms with Crippen LogP contribution in [0.5, 0.6) is 5.75 Å². The van der Waals surface area contributed by atoms with Gasteiger partial charge in [0.1, 0.15) is 11.6 Å². The van der Waals surface area contributed by atoms with Crippen LogP contribution in [0.1, 0.15) is 53.6 Å². The number of carbonyl (C=O) groups excluding carboxylic acids is 1. The number of hydrogen-bond acceptors (Lipinski definition) is 4. The first-order valence-corrected chi connectivity index (χ1v) is 10.1. The molecule has 1 aromatic heterocycles. The second-order valence-electron chi connectivity index (χ2n) is 8.04. The largest absolute Gasteiger partial charge is 0.507 e. The van der Waals surface area contributed by atoms with Crippen LogP contribution in [0.15, 0.2) is 30.3 Å². The topological polar surface area (TPSA) is 81.2 Å². The Morgan fingerprint density at radius 1 is 1.14 bits per heavy atom. The second kappa shape index (κ2) is 7.06. The summed E-state index contributed by atoms with van der Waals surface area (Å²) in [7, 11) is 0. The van der Waals surface area contributed by atoms with Crippen LogP contribution in [-0.4, -0.2) is 32.2 Å². The van der Waals surface area contributed by atoms with E-state index in [1.807, 2.05) is 0 Å². The number of amides is 1. The molecule has 3 N–H and O–H groups in total. The summed E-state index contributed by atoms with van der Waals surface area (Å²) in [5.74, 6) is 0.0511. The Labute approximate surface area is 167 Å². The van der Waals surface area contributed by atoms with Gasteiger partial charge < -0.3 is 15.3 Å². The number of aromatic nitrogens is 2. The molecule has 5 rings (SSSR count). The van der Waals surface area contributed by atoms with Gasteiger partial charge in [0.05, 0.1) is 11.1 Å². The fraction of sp³-hybridized carbons (Fsp3) is 0.364. The number of fused-ring (bicyclic) bond motifs is 2. The molecule has 0 radical (unpaired) electrons. The number of carbonyl (C=O) groups is 1. The maximum atomic E-state index is 13.5. The summed E-state index contributed by atoms with van der Waals surface area (Å²) in [4.78, 5) is 14.7. The number of aromatic amines is 1. The second-order valence-corrected chi connectivity index (χ2v) is 8.04. The van der Waals surface area contributed by atoms with Crippen molar-refractivity contribution in [3.05, 3.63) is 52.8 Å². The van der Waals surface area contributed by atoms with Crippen molar-refractivity contribution in [2.24, 2.45) is 0 Å². The molecule has 6 nitrogen and oxygen atoms in total. The molecule has 3 aromatic rings. The highest BCUT2D eigenvalue weighted by Crippen LogP contribution is 2.33. The molecule has 1 saturated carbocycles. The van der Waals surface area contributed by atoms with Crippen LogP contribution in [0, 0.1) is 5.82 Å². The summed E-state index contributed by atoms with van der Waals surface area (Å²) < 4.78 is 13.5. The van der Waals surface area contributed by atoms with E-state index >= 15 is 0 Å². The third kappa shape index (κ3) is 3.30. The summed E-state index contributed by atoms with van der Waals surface area (Å²) in [5, 5.41) is 22.0. The fourth-order valence-corrected chi connectivity index (χ4v) is 4.45. The number of phenolic OH excluding ortho intramolecular Hbond substituents is 1. The molecule has 0 spiro atoms. The van der Waals surface area contributed by atoms with Gasteiger partial charge in [0.25, 0.3) is 5.91 Å². The third-order valence-electron chi connectivity index (χ3n) is 6.03. The molecule has 0 bridgehead atoms. The lowest BCUT2D eigenvalue weighted by Crippen LogP contribution is -2.25. The molecule has 2 heterocycles. The van der Waals surface area contributed by atoms with Crippen molar-refractivity contribution in [1.82, 2.24) is 15.1 Å². The van der Waals surface area contributed by atoms with Crippen molar-refractivity contribution in [2.75, 3.05) is 5.32 Å². The van der Waals surface area contributed by atoms with E-state index in [2.05, 4.69) is 15.5 Å². The number of benzene rings is 2. The van der Waals surface area contributed by atoms with Crippen LogP contribution >= 0.6 is 0 Å². The van der Waals surface area contributed by atoms with Gasteiger partial charge in [-0.1, -0.05) is 25.3 Å². The number of phenols is 1. The van der Waals surface area contributed by atoms with Crippen LogP contribution in [0.4, 0.5) is 10.2 Å². The van der Waals surface area contributed by atoms with E-state index in [1.165, 1.54) is 31.4 Å². The number of halogens is 1. The summed E-state index contributed by atoms with van der Waals surface area (Å²) in [5.41, 5.74) is 2.66. The van der Waals surface area contributed by atoms with Crippen LogP contribution in [0.25, 0.3) is 10.9 Å². The predicted molar refractivity (Wildman–Crippen MR) is 108 cm³/mol. The summed E-state index contributed by atoms with van der Waals surface area (Å²) >= 11 is 0. The molecule has 0 saturated heterocycles. The van der Waals surface area contributed by atoms with E-state index in [0.29, 0.717) is 30.5 Å². The number of H-pyrrole nitrogens is 1. The summed E-state index contributed by atoms with van der Waals surface area (Å²) in [6.45, 7) is 0.743. The zero-order valence-corrected chi connectivity index (χ0v) is 16.0. The highest BCUT2D eigenvalue weighted by atomic mass is 19.1. The van der Waals surface area contributed by atoms with Crippen LogP contribution in [-0.2, 0) is 13.1 Å². The van der Waals surface area contributed by atoms with Crippen molar-refractivity contribution in [1.29, 1.82) is 0 Å². The number of nitrogens with one attached hydrogen (secondary N) is 2. The molecule has 2 aromatic carbocycles. The molecule has 1 amide bonds. The molecule has 0 atom stereocenters. The van der Waals surface area contributed by atoms with Gasteiger partial charge in [-0.05, 0) is 42.2 Å². The van der Waals surface area contributed by atoms with Gasteiger partial charge in [-0.2, -0.15) is 5.10 Å². The van der Waals surface area contributed by atoms with E-state index in [1.54, 1.807) is 23.1 Å². The minimum atomic E-state index is -0.306. The summed E-state index contributed by atoms with van der Waals surface area (Å²) in [6.07, 6.45) is 5.91. The maximum absolute atomic E-state index is 13.5. The zero-order chi connectivity index (χ0) is 20.0. The van der Waals surface area contributed by atoms with E-state index in [4.69, 9.17) is 0 Å². The van der Waals surface area contributed by atoms with Gasteiger partial charge in [0.15, 0.2) is 5.82 Å². The Balaban J connectivity index is 1.43. The lowest BCUT2D eigenvalue weighted by Gasteiger charge is -2.22. The average molecular weight is 394 g/mol. The summed E-state index contributed by atoms with van der Waals surface area (Å²) in [6, 6.07) is 8.21. The molecule has 29 heavy (non-hydrogen) atoms.